The lowest BCUT2D eigenvalue weighted by atomic mass is 9.85. The highest BCUT2D eigenvalue weighted by Gasteiger charge is 2.29. The van der Waals surface area contributed by atoms with E-state index in [1.165, 1.54) is 6.33 Å². The van der Waals surface area contributed by atoms with Crippen molar-refractivity contribution in [3.8, 4) is 0 Å². The first-order valence-electron chi connectivity index (χ1n) is 8.01. The summed E-state index contributed by atoms with van der Waals surface area (Å²) in [5, 5.41) is 5.66. The number of hydrogen-bond donors (Lipinski definition) is 2. The Balaban J connectivity index is 1.88. The monoisotopic (exact) mass is 398 g/mol. The van der Waals surface area contributed by atoms with Crippen molar-refractivity contribution in [2.75, 3.05) is 5.32 Å². The first kappa shape index (κ1) is 18.6. The number of hydrogen-bond acceptors (Lipinski definition) is 5. The molecule has 0 unspecified atom stereocenters. The summed E-state index contributed by atoms with van der Waals surface area (Å²) in [6.07, 6.45) is 4.07. The van der Waals surface area contributed by atoms with Gasteiger partial charge < -0.3 is 15.4 Å². The molecule has 1 saturated carbocycles. The summed E-state index contributed by atoms with van der Waals surface area (Å²) in [6.45, 7) is 5.47. The topological polar surface area (TPSA) is 93.2 Å². The van der Waals surface area contributed by atoms with E-state index in [1.807, 2.05) is 20.8 Å². The average Bonchev–Trinajstić information content (AvgIpc) is 2.45. The minimum atomic E-state index is -0.532. The van der Waals surface area contributed by atoms with E-state index in [9.17, 15) is 9.59 Å². The van der Waals surface area contributed by atoms with Gasteiger partial charge in [0.2, 0.25) is 5.91 Å². The van der Waals surface area contributed by atoms with Crippen LogP contribution in [-0.4, -0.2) is 33.6 Å². The Morgan fingerprint density at radius 2 is 2.04 bits per heavy atom. The van der Waals surface area contributed by atoms with Crippen LogP contribution in [0.4, 0.5) is 10.6 Å². The molecule has 0 bridgehead atoms. The van der Waals surface area contributed by atoms with Gasteiger partial charge in [-0.15, -0.1) is 0 Å². The normalized spacial score (nSPS) is 21.0. The van der Waals surface area contributed by atoms with Gasteiger partial charge in [0.05, 0.1) is 0 Å². The fourth-order valence-corrected chi connectivity index (χ4v) is 2.97. The minimum absolute atomic E-state index is 0.0542. The molecular weight excluding hydrogens is 376 g/mol. The lowest BCUT2D eigenvalue weighted by molar-refractivity contribution is -0.121. The summed E-state index contributed by atoms with van der Waals surface area (Å²) in [7, 11) is 0. The second-order valence-corrected chi connectivity index (χ2v) is 7.73. The van der Waals surface area contributed by atoms with E-state index < -0.39 is 11.7 Å². The second kappa shape index (κ2) is 7.92. The lowest BCUT2D eigenvalue weighted by Gasteiger charge is -2.30. The summed E-state index contributed by atoms with van der Waals surface area (Å²) in [4.78, 5) is 32.2. The Labute approximate surface area is 150 Å². The van der Waals surface area contributed by atoms with Crippen molar-refractivity contribution in [2.24, 2.45) is 5.92 Å². The zero-order valence-corrected chi connectivity index (χ0v) is 15.7. The number of nitrogens with zero attached hydrogens (tertiary/aromatic N) is 2. The Bertz CT molecular complexity index is 603. The summed E-state index contributed by atoms with van der Waals surface area (Å²) >= 11 is 3.24. The van der Waals surface area contributed by atoms with Crippen LogP contribution in [0.2, 0.25) is 0 Å². The van der Waals surface area contributed by atoms with Gasteiger partial charge in [-0.1, -0.05) is 6.42 Å². The maximum atomic E-state index is 12.4. The van der Waals surface area contributed by atoms with Gasteiger partial charge in [0.1, 0.15) is 22.3 Å². The Morgan fingerprint density at radius 1 is 1.29 bits per heavy atom. The number of rotatable bonds is 3. The van der Waals surface area contributed by atoms with E-state index >= 15 is 0 Å². The number of ether oxygens (including phenoxy) is 1. The van der Waals surface area contributed by atoms with Crippen LogP contribution < -0.4 is 10.6 Å². The number of halogens is 1. The average molecular weight is 399 g/mol. The van der Waals surface area contributed by atoms with Gasteiger partial charge in [-0.25, -0.2) is 14.8 Å². The molecule has 24 heavy (non-hydrogen) atoms. The smallest absolute Gasteiger partial charge is 0.407 e. The van der Waals surface area contributed by atoms with Gasteiger partial charge in [0.15, 0.2) is 0 Å². The molecule has 132 valence electrons. The van der Waals surface area contributed by atoms with Crippen molar-refractivity contribution >= 4 is 33.7 Å². The summed E-state index contributed by atoms with van der Waals surface area (Å²) < 4.78 is 5.88. The van der Waals surface area contributed by atoms with Crippen molar-refractivity contribution in [3.05, 3.63) is 17.0 Å². The van der Waals surface area contributed by atoms with Crippen molar-refractivity contribution in [1.82, 2.24) is 15.3 Å². The maximum absolute atomic E-state index is 12.4. The molecule has 0 spiro atoms. The van der Waals surface area contributed by atoms with Crippen molar-refractivity contribution in [2.45, 2.75) is 58.1 Å². The van der Waals surface area contributed by atoms with Gasteiger partial charge in [-0.3, -0.25) is 4.79 Å². The zero-order valence-electron chi connectivity index (χ0n) is 14.1. The van der Waals surface area contributed by atoms with E-state index in [0.29, 0.717) is 16.8 Å². The van der Waals surface area contributed by atoms with Crippen LogP contribution in [0.15, 0.2) is 17.0 Å². The van der Waals surface area contributed by atoms with Crippen LogP contribution in [0.25, 0.3) is 0 Å². The Morgan fingerprint density at radius 3 is 2.71 bits per heavy atom. The van der Waals surface area contributed by atoms with E-state index in [2.05, 4.69) is 36.5 Å². The molecule has 2 atom stereocenters. The van der Waals surface area contributed by atoms with Crippen LogP contribution in [-0.2, 0) is 9.53 Å². The number of anilines is 1. The third-order valence-electron chi connectivity index (χ3n) is 3.65. The Hall–Kier alpha value is -1.70. The standard InChI is InChI=1S/C16H23BrN4O3/c1-16(2,3)24-15(23)20-11-6-4-5-10(7-11)14(22)21-13-8-12(17)18-9-19-13/h8-11H,4-7H2,1-3H3,(H,20,23)(H,18,19,21,22)/t10-,11+/m0/s1. The molecule has 1 fully saturated rings. The van der Waals surface area contributed by atoms with Crippen LogP contribution in [0.1, 0.15) is 46.5 Å². The highest BCUT2D eigenvalue weighted by molar-refractivity contribution is 9.10. The fraction of sp³-hybridized carbons (Fsp3) is 0.625. The number of aromatic nitrogens is 2. The molecule has 8 heteroatoms. The predicted octanol–water partition coefficient (Wildman–Crippen LogP) is 3.26. The minimum Gasteiger partial charge on any atom is -0.444 e. The summed E-state index contributed by atoms with van der Waals surface area (Å²) in [5.74, 6) is 0.216. The second-order valence-electron chi connectivity index (χ2n) is 6.92. The predicted molar refractivity (Wildman–Crippen MR) is 93.5 cm³/mol. The molecule has 2 amide bonds. The van der Waals surface area contributed by atoms with Crippen LogP contribution in [0.5, 0.6) is 0 Å². The van der Waals surface area contributed by atoms with E-state index in [0.717, 1.165) is 19.3 Å². The summed E-state index contributed by atoms with van der Waals surface area (Å²) in [5.41, 5.74) is -0.532. The molecule has 1 aromatic heterocycles. The number of amides is 2. The first-order valence-corrected chi connectivity index (χ1v) is 8.80. The van der Waals surface area contributed by atoms with Gasteiger partial charge in [0.25, 0.3) is 0 Å². The van der Waals surface area contributed by atoms with Crippen LogP contribution in [0, 0.1) is 5.92 Å². The van der Waals surface area contributed by atoms with Gasteiger partial charge in [-0.2, -0.15) is 0 Å². The van der Waals surface area contributed by atoms with Crippen molar-refractivity contribution in [1.29, 1.82) is 0 Å². The fourth-order valence-electron chi connectivity index (χ4n) is 2.66. The molecule has 1 heterocycles. The number of alkyl carbamates (subject to hydrolysis) is 1. The van der Waals surface area contributed by atoms with E-state index in [1.54, 1.807) is 6.07 Å². The third-order valence-corrected chi connectivity index (χ3v) is 4.08. The van der Waals surface area contributed by atoms with Crippen molar-refractivity contribution < 1.29 is 14.3 Å². The largest absolute Gasteiger partial charge is 0.444 e. The van der Waals surface area contributed by atoms with Gasteiger partial charge in [0, 0.05) is 18.0 Å². The molecule has 7 nitrogen and oxygen atoms in total. The van der Waals surface area contributed by atoms with Crippen LogP contribution in [0.3, 0.4) is 0 Å². The molecule has 2 N–H and O–H groups in total. The highest BCUT2D eigenvalue weighted by atomic mass is 79.9. The molecule has 1 aromatic rings. The molecule has 0 aliphatic heterocycles. The summed E-state index contributed by atoms with van der Waals surface area (Å²) in [6, 6.07) is 1.60. The zero-order chi connectivity index (χ0) is 17.7. The van der Waals surface area contributed by atoms with Crippen LogP contribution >= 0.6 is 15.9 Å². The molecule has 1 aliphatic carbocycles. The first-order chi connectivity index (χ1) is 11.2. The molecule has 1 aliphatic rings. The molecular formula is C16H23BrN4O3. The number of nitrogens with one attached hydrogen (secondary N) is 2. The molecule has 2 rings (SSSR count). The maximum Gasteiger partial charge on any atom is 0.407 e. The number of carbonyl (C=O) groups excluding carboxylic acids is 2. The van der Waals surface area contributed by atoms with E-state index in [4.69, 9.17) is 4.74 Å². The van der Waals surface area contributed by atoms with E-state index in [-0.39, 0.29) is 17.9 Å². The lowest BCUT2D eigenvalue weighted by Crippen LogP contribution is -2.43. The highest BCUT2D eigenvalue weighted by Crippen LogP contribution is 2.26. The van der Waals surface area contributed by atoms with Gasteiger partial charge in [-0.05, 0) is 56.0 Å². The Kier molecular flexibility index (Phi) is 6.15. The van der Waals surface area contributed by atoms with Gasteiger partial charge >= 0.3 is 6.09 Å². The number of carbonyl (C=O) groups is 2. The molecule has 0 radical (unpaired) electrons. The quantitative estimate of drug-likeness (QED) is 0.761. The SMILES string of the molecule is CC(C)(C)OC(=O)N[C@@H]1CCC[C@H](C(=O)Nc2cc(Br)ncn2)C1. The van der Waals surface area contributed by atoms with Crippen molar-refractivity contribution in [3.63, 3.8) is 0 Å². The molecule has 0 saturated heterocycles. The molecule has 0 aromatic carbocycles. The third kappa shape index (κ3) is 6.07.